The number of hydrogen-bond donors (Lipinski definition) is 1. The van der Waals surface area contributed by atoms with E-state index in [1.54, 1.807) is 0 Å². The molecule has 2 fully saturated rings. The Hall–Kier alpha value is 0.270. The number of hydrogen-bond acceptors (Lipinski definition) is 3. The van der Waals surface area contributed by atoms with Crippen LogP contribution < -0.4 is 5.73 Å². The summed E-state index contributed by atoms with van der Waals surface area (Å²) in [5.74, 6) is 0.919. The van der Waals surface area contributed by atoms with Crippen molar-refractivity contribution in [3.8, 4) is 0 Å². The van der Waals surface area contributed by atoms with Crippen LogP contribution in [0.25, 0.3) is 0 Å². The minimum absolute atomic E-state index is 0.492. The second kappa shape index (κ2) is 5.74. The molecule has 1 saturated carbocycles. The van der Waals surface area contributed by atoms with Gasteiger partial charge in [0.1, 0.15) is 0 Å². The first-order chi connectivity index (χ1) is 7.63. The molecule has 2 aliphatic rings. The van der Waals surface area contributed by atoms with E-state index in [1.807, 2.05) is 0 Å². The number of thioether (sulfide) groups is 1. The summed E-state index contributed by atoms with van der Waals surface area (Å²) in [6, 6.07) is 0.492. The maximum Gasteiger partial charge on any atom is 0.0149 e. The van der Waals surface area contributed by atoms with Gasteiger partial charge in [-0.25, -0.2) is 0 Å². The average molecular weight is 242 g/mol. The highest BCUT2D eigenvalue weighted by Gasteiger charge is 2.26. The highest BCUT2D eigenvalue weighted by atomic mass is 32.2. The lowest BCUT2D eigenvalue weighted by atomic mass is 9.86. The van der Waals surface area contributed by atoms with Gasteiger partial charge in [0.05, 0.1) is 0 Å². The maximum absolute atomic E-state index is 5.96. The minimum atomic E-state index is 0.492. The van der Waals surface area contributed by atoms with E-state index >= 15 is 0 Å². The Bertz CT molecular complexity index is 204. The molecule has 0 aromatic carbocycles. The van der Waals surface area contributed by atoms with Gasteiger partial charge in [0.2, 0.25) is 0 Å². The third-order valence-corrected chi connectivity index (χ3v) is 5.13. The van der Waals surface area contributed by atoms with Gasteiger partial charge in [-0.3, -0.25) is 0 Å². The van der Waals surface area contributed by atoms with E-state index in [-0.39, 0.29) is 0 Å². The fourth-order valence-electron chi connectivity index (χ4n) is 3.17. The Kier molecular flexibility index (Phi) is 4.57. The van der Waals surface area contributed by atoms with Gasteiger partial charge in [0.25, 0.3) is 0 Å². The molecule has 1 heterocycles. The molecule has 16 heavy (non-hydrogen) atoms. The third-order valence-electron chi connectivity index (χ3n) is 3.90. The van der Waals surface area contributed by atoms with Crippen LogP contribution in [0.3, 0.4) is 0 Å². The zero-order chi connectivity index (χ0) is 11.5. The van der Waals surface area contributed by atoms with E-state index < -0.39 is 0 Å². The SMILES string of the molecule is CC1CN(CC2CCC(N)CC2)CC(C)S1. The number of nitrogens with two attached hydrogens (primary N) is 1. The molecule has 0 amide bonds. The Morgan fingerprint density at radius 2 is 1.62 bits per heavy atom. The van der Waals surface area contributed by atoms with Crippen LogP contribution in [0.15, 0.2) is 0 Å². The van der Waals surface area contributed by atoms with Crippen molar-refractivity contribution in [2.24, 2.45) is 11.7 Å². The standard InChI is InChI=1S/C13H26N2S/c1-10-7-15(8-11(2)16-10)9-12-3-5-13(14)6-4-12/h10-13H,3-9,14H2,1-2H3. The lowest BCUT2D eigenvalue weighted by Crippen LogP contribution is -2.43. The molecule has 2 N–H and O–H groups in total. The topological polar surface area (TPSA) is 29.3 Å². The second-order valence-electron chi connectivity index (χ2n) is 5.76. The molecular formula is C13H26N2S. The molecule has 1 saturated heterocycles. The van der Waals surface area contributed by atoms with Gasteiger partial charge in [-0.2, -0.15) is 11.8 Å². The zero-order valence-corrected chi connectivity index (χ0v) is 11.5. The molecule has 0 aromatic rings. The fourth-order valence-corrected chi connectivity index (χ4v) is 4.56. The van der Waals surface area contributed by atoms with Crippen LogP contribution in [0, 0.1) is 5.92 Å². The fraction of sp³-hybridized carbons (Fsp3) is 1.00. The Labute approximate surface area is 104 Å². The molecule has 2 nitrogen and oxygen atoms in total. The van der Waals surface area contributed by atoms with Crippen LogP contribution in [-0.4, -0.2) is 41.1 Å². The Balaban J connectivity index is 1.76. The lowest BCUT2D eigenvalue weighted by molar-refractivity contribution is 0.193. The number of nitrogens with zero attached hydrogens (tertiary/aromatic N) is 1. The maximum atomic E-state index is 5.96. The summed E-state index contributed by atoms with van der Waals surface area (Å²) in [4.78, 5) is 2.69. The van der Waals surface area contributed by atoms with E-state index in [1.165, 1.54) is 45.3 Å². The van der Waals surface area contributed by atoms with Crippen molar-refractivity contribution in [3.63, 3.8) is 0 Å². The van der Waals surface area contributed by atoms with Gasteiger partial charge in [0.15, 0.2) is 0 Å². The summed E-state index contributed by atoms with van der Waals surface area (Å²) in [6.45, 7) is 8.63. The second-order valence-corrected chi connectivity index (χ2v) is 7.64. The molecule has 2 rings (SSSR count). The molecule has 0 radical (unpaired) electrons. The predicted molar refractivity (Wildman–Crippen MR) is 72.9 cm³/mol. The molecule has 0 aromatic heterocycles. The van der Waals surface area contributed by atoms with Crippen molar-refractivity contribution in [3.05, 3.63) is 0 Å². The minimum Gasteiger partial charge on any atom is -0.328 e. The lowest BCUT2D eigenvalue weighted by Gasteiger charge is -2.38. The van der Waals surface area contributed by atoms with Crippen LogP contribution in [-0.2, 0) is 0 Å². The van der Waals surface area contributed by atoms with Gasteiger partial charge in [0, 0.05) is 36.2 Å². The summed E-state index contributed by atoms with van der Waals surface area (Å²) >= 11 is 2.15. The van der Waals surface area contributed by atoms with Crippen LogP contribution in [0.1, 0.15) is 39.5 Å². The van der Waals surface area contributed by atoms with Crippen molar-refractivity contribution in [1.82, 2.24) is 4.90 Å². The first-order valence-electron chi connectivity index (χ1n) is 6.77. The quantitative estimate of drug-likeness (QED) is 0.806. The van der Waals surface area contributed by atoms with Gasteiger partial charge in [-0.15, -0.1) is 0 Å². The predicted octanol–water partition coefficient (Wildman–Crippen LogP) is 2.33. The third kappa shape index (κ3) is 3.64. The van der Waals surface area contributed by atoms with Crippen molar-refractivity contribution in [2.75, 3.05) is 19.6 Å². The molecular weight excluding hydrogens is 216 g/mol. The average Bonchev–Trinajstić information content (AvgIpc) is 2.20. The van der Waals surface area contributed by atoms with Gasteiger partial charge < -0.3 is 10.6 Å². The van der Waals surface area contributed by atoms with E-state index in [9.17, 15) is 0 Å². The van der Waals surface area contributed by atoms with Crippen LogP contribution >= 0.6 is 11.8 Å². The molecule has 94 valence electrons. The van der Waals surface area contributed by atoms with Crippen LogP contribution in [0.4, 0.5) is 0 Å². The molecule has 1 aliphatic heterocycles. The molecule has 3 heteroatoms. The van der Waals surface area contributed by atoms with Crippen molar-refractivity contribution in [2.45, 2.75) is 56.1 Å². The summed E-state index contributed by atoms with van der Waals surface area (Å²) in [7, 11) is 0. The molecule has 1 aliphatic carbocycles. The summed E-state index contributed by atoms with van der Waals surface area (Å²) < 4.78 is 0. The van der Waals surface area contributed by atoms with E-state index in [0.717, 1.165) is 16.4 Å². The van der Waals surface area contributed by atoms with Crippen LogP contribution in [0.5, 0.6) is 0 Å². The smallest absolute Gasteiger partial charge is 0.0149 e. The van der Waals surface area contributed by atoms with E-state index in [2.05, 4.69) is 30.5 Å². The largest absolute Gasteiger partial charge is 0.328 e. The highest BCUT2D eigenvalue weighted by molar-refractivity contribution is 8.00. The first-order valence-corrected chi connectivity index (χ1v) is 7.71. The number of rotatable bonds is 2. The van der Waals surface area contributed by atoms with E-state index in [0.29, 0.717) is 6.04 Å². The molecule has 2 atom stereocenters. The summed E-state index contributed by atoms with van der Waals surface area (Å²) in [6.07, 6.45) is 5.21. The Morgan fingerprint density at radius 3 is 2.19 bits per heavy atom. The van der Waals surface area contributed by atoms with E-state index in [4.69, 9.17) is 5.73 Å². The van der Waals surface area contributed by atoms with Gasteiger partial charge in [-0.1, -0.05) is 13.8 Å². The molecule has 2 unspecified atom stereocenters. The van der Waals surface area contributed by atoms with Crippen molar-refractivity contribution < 1.29 is 0 Å². The Morgan fingerprint density at radius 1 is 1.06 bits per heavy atom. The monoisotopic (exact) mass is 242 g/mol. The van der Waals surface area contributed by atoms with Crippen LogP contribution in [0.2, 0.25) is 0 Å². The van der Waals surface area contributed by atoms with Gasteiger partial charge in [-0.05, 0) is 31.6 Å². The molecule has 0 spiro atoms. The normalized spacial score (nSPS) is 42.2. The molecule has 0 bridgehead atoms. The first kappa shape index (κ1) is 12.7. The highest BCUT2D eigenvalue weighted by Crippen LogP contribution is 2.28. The zero-order valence-electron chi connectivity index (χ0n) is 10.7. The van der Waals surface area contributed by atoms with Gasteiger partial charge >= 0.3 is 0 Å². The summed E-state index contributed by atoms with van der Waals surface area (Å²) in [5, 5.41) is 1.63. The summed E-state index contributed by atoms with van der Waals surface area (Å²) in [5.41, 5.74) is 5.96. The van der Waals surface area contributed by atoms with Crippen molar-refractivity contribution >= 4 is 11.8 Å². The van der Waals surface area contributed by atoms with Crippen molar-refractivity contribution in [1.29, 1.82) is 0 Å².